The number of para-hydroxylation sites is 1. The van der Waals surface area contributed by atoms with Gasteiger partial charge in [0.2, 0.25) is 10.9 Å². The van der Waals surface area contributed by atoms with E-state index < -0.39 is 10.9 Å². The lowest BCUT2D eigenvalue weighted by atomic mass is 10.1. The molecule has 1 aromatic heterocycles. The first-order valence-electron chi connectivity index (χ1n) is 5.20. The van der Waals surface area contributed by atoms with E-state index in [4.69, 9.17) is 0 Å². The molecule has 0 unspecified atom stereocenters. The van der Waals surface area contributed by atoms with Crippen LogP contribution in [0.25, 0.3) is 10.9 Å². The minimum absolute atomic E-state index is 0.160. The predicted molar refractivity (Wildman–Crippen MR) is 69.5 cm³/mol. The van der Waals surface area contributed by atoms with Crippen molar-refractivity contribution in [2.45, 2.75) is 6.92 Å². The van der Waals surface area contributed by atoms with Gasteiger partial charge in [-0.3, -0.25) is 9.29 Å². The number of hydrogen-bond acceptors (Lipinski definition) is 3. The van der Waals surface area contributed by atoms with Crippen LogP contribution in [0.4, 0.5) is 5.69 Å². The van der Waals surface area contributed by atoms with Gasteiger partial charge in [-0.15, -0.1) is 0 Å². The molecule has 0 aliphatic rings. The van der Waals surface area contributed by atoms with E-state index in [1.165, 1.54) is 4.31 Å². The zero-order valence-corrected chi connectivity index (χ0v) is 10.4. The van der Waals surface area contributed by atoms with Crippen LogP contribution in [-0.2, 0) is 10.9 Å². The Morgan fingerprint density at radius 3 is 2.82 bits per heavy atom. The van der Waals surface area contributed by atoms with E-state index in [9.17, 15) is 8.42 Å². The summed E-state index contributed by atoms with van der Waals surface area (Å²) in [5.74, 6) is 0. The second kappa shape index (κ2) is 4.71. The van der Waals surface area contributed by atoms with E-state index in [-0.39, 0.29) is 6.54 Å². The minimum Gasteiger partial charge on any atom is -0.270 e. The molecule has 17 heavy (non-hydrogen) atoms. The Bertz CT molecular complexity index is 615. The second-order valence-corrected chi connectivity index (χ2v) is 4.68. The molecule has 0 amide bonds. The topological polar surface area (TPSA) is 50.3 Å². The zero-order chi connectivity index (χ0) is 12.4. The van der Waals surface area contributed by atoms with E-state index in [1.54, 1.807) is 12.3 Å². The molecule has 89 valence electrons. The van der Waals surface area contributed by atoms with Crippen LogP contribution in [0.3, 0.4) is 0 Å². The maximum Gasteiger partial charge on any atom is 0.225 e. The fraction of sp³-hybridized carbons (Fsp3) is 0.167. The molecule has 4 nitrogen and oxygen atoms in total. The van der Waals surface area contributed by atoms with E-state index in [2.05, 4.69) is 11.9 Å². The van der Waals surface area contributed by atoms with Gasteiger partial charge in [-0.05, 0) is 31.5 Å². The third-order valence-corrected chi connectivity index (χ3v) is 3.32. The van der Waals surface area contributed by atoms with Gasteiger partial charge >= 0.3 is 0 Å². The zero-order valence-electron chi connectivity index (χ0n) is 9.46. The first-order chi connectivity index (χ1) is 8.13. The fourth-order valence-corrected chi connectivity index (χ4v) is 2.25. The van der Waals surface area contributed by atoms with Crippen molar-refractivity contribution in [1.29, 1.82) is 0 Å². The molecule has 0 spiro atoms. The van der Waals surface area contributed by atoms with Gasteiger partial charge in [0.15, 0.2) is 0 Å². The Labute approximate surface area is 102 Å². The number of rotatable bonds is 3. The smallest absolute Gasteiger partial charge is 0.225 e. The SMILES string of the molecule is [CH2]CN(c1cccc2cc(C)cnc12)[SH](=O)=O. The highest BCUT2D eigenvalue weighted by molar-refractivity contribution is 7.74. The number of hydrogen-bond donors (Lipinski definition) is 1. The fourth-order valence-electron chi connectivity index (χ4n) is 1.75. The van der Waals surface area contributed by atoms with Crippen LogP contribution in [0.2, 0.25) is 0 Å². The van der Waals surface area contributed by atoms with Gasteiger partial charge in [0.1, 0.15) is 0 Å². The van der Waals surface area contributed by atoms with Crippen LogP contribution in [0.5, 0.6) is 0 Å². The monoisotopic (exact) mass is 249 g/mol. The van der Waals surface area contributed by atoms with Gasteiger partial charge in [0.25, 0.3) is 0 Å². The molecule has 0 fully saturated rings. The molecule has 0 aliphatic carbocycles. The molecule has 0 atom stereocenters. The van der Waals surface area contributed by atoms with Crippen molar-refractivity contribution in [1.82, 2.24) is 4.98 Å². The van der Waals surface area contributed by atoms with Crippen molar-refractivity contribution in [2.75, 3.05) is 10.8 Å². The van der Waals surface area contributed by atoms with Crippen molar-refractivity contribution in [2.24, 2.45) is 0 Å². The number of benzene rings is 1. The summed E-state index contributed by atoms with van der Waals surface area (Å²) < 4.78 is 23.5. The Morgan fingerprint density at radius 2 is 2.18 bits per heavy atom. The number of thiol groups is 1. The third kappa shape index (κ3) is 2.24. The largest absolute Gasteiger partial charge is 0.270 e. The van der Waals surface area contributed by atoms with Crippen molar-refractivity contribution in [3.8, 4) is 0 Å². The number of fused-ring (bicyclic) bond motifs is 1. The molecule has 2 rings (SSSR count). The normalized spacial score (nSPS) is 11.0. The summed E-state index contributed by atoms with van der Waals surface area (Å²) in [7, 11) is -2.69. The van der Waals surface area contributed by atoms with Crippen LogP contribution >= 0.6 is 0 Å². The highest BCUT2D eigenvalue weighted by Gasteiger charge is 2.10. The lowest BCUT2D eigenvalue weighted by Crippen LogP contribution is -2.20. The molecular formula is C12H13N2O2S. The Balaban J connectivity index is 2.69. The van der Waals surface area contributed by atoms with Crippen LogP contribution < -0.4 is 4.31 Å². The van der Waals surface area contributed by atoms with Gasteiger partial charge < -0.3 is 0 Å². The van der Waals surface area contributed by atoms with Crippen molar-refractivity contribution in [3.63, 3.8) is 0 Å². The lowest BCUT2D eigenvalue weighted by molar-refractivity contribution is 0.612. The van der Waals surface area contributed by atoms with E-state index in [0.717, 1.165) is 10.9 Å². The number of pyridine rings is 1. The predicted octanol–water partition coefficient (Wildman–Crippen LogP) is 1.71. The van der Waals surface area contributed by atoms with Crippen molar-refractivity contribution >= 4 is 27.5 Å². The maximum absolute atomic E-state index is 11.1. The molecule has 5 heteroatoms. The quantitative estimate of drug-likeness (QED) is 0.842. The Morgan fingerprint density at radius 1 is 1.41 bits per heavy atom. The van der Waals surface area contributed by atoms with Gasteiger partial charge in [0.05, 0.1) is 11.2 Å². The summed E-state index contributed by atoms with van der Waals surface area (Å²) in [6.07, 6.45) is 1.73. The van der Waals surface area contributed by atoms with Crippen LogP contribution in [0, 0.1) is 13.8 Å². The summed E-state index contributed by atoms with van der Waals surface area (Å²) in [5.41, 5.74) is 2.30. The number of anilines is 1. The average Bonchev–Trinajstić information content (AvgIpc) is 2.29. The summed E-state index contributed by atoms with van der Waals surface area (Å²) >= 11 is 0. The minimum atomic E-state index is -2.69. The highest BCUT2D eigenvalue weighted by Crippen LogP contribution is 2.25. The highest BCUT2D eigenvalue weighted by atomic mass is 32.2. The van der Waals surface area contributed by atoms with Crippen LogP contribution in [0.1, 0.15) is 5.56 Å². The molecular weight excluding hydrogens is 236 g/mol. The van der Waals surface area contributed by atoms with Gasteiger partial charge in [-0.2, -0.15) is 0 Å². The lowest BCUT2D eigenvalue weighted by Gasteiger charge is -2.16. The van der Waals surface area contributed by atoms with Gasteiger partial charge in [-0.1, -0.05) is 12.1 Å². The third-order valence-electron chi connectivity index (χ3n) is 2.51. The van der Waals surface area contributed by atoms with Crippen LogP contribution in [-0.4, -0.2) is 19.9 Å². The summed E-state index contributed by atoms with van der Waals surface area (Å²) in [6, 6.07) is 7.45. The van der Waals surface area contributed by atoms with Gasteiger partial charge in [0, 0.05) is 18.1 Å². The number of aromatic nitrogens is 1. The summed E-state index contributed by atoms with van der Waals surface area (Å²) in [5, 5.41) is 0.929. The Kier molecular flexibility index (Phi) is 3.28. The van der Waals surface area contributed by atoms with E-state index in [0.29, 0.717) is 11.2 Å². The number of aryl methyl sites for hydroxylation is 1. The molecule has 0 saturated heterocycles. The molecule has 0 bridgehead atoms. The van der Waals surface area contributed by atoms with Crippen molar-refractivity contribution < 1.29 is 8.42 Å². The molecule has 0 saturated carbocycles. The molecule has 1 heterocycles. The maximum atomic E-state index is 11.1. The first kappa shape index (κ1) is 11.9. The second-order valence-electron chi connectivity index (χ2n) is 3.72. The summed E-state index contributed by atoms with van der Waals surface area (Å²) in [6.45, 7) is 5.73. The molecule has 1 aromatic carbocycles. The molecule has 0 N–H and O–H groups in total. The van der Waals surface area contributed by atoms with Gasteiger partial charge in [-0.25, -0.2) is 8.42 Å². The summed E-state index contributed by atoms with van der Waals surface area (Å²) in [4.78, 5) is 4.30. The molecule has 0 aliphatic heterocycles. The first-order valence-corrected chi connectivity index (χ1v) is 6.33. The Hall–Kier alpha value is -1.62. The number of nitrogens with zero attached hydrogens (tertiary/aromatic N) is 2. The average molecular weight is 249 g/mol. The van der Waals surface area contributed by atoms with Crippen molar-refractivity contribution in [3.05, 3.63) is 42.9 Å². The van der Waals surface area contributed by atoms with E-state index >= 15 is 0 Å². The standard InChI is InChI=1S/C12H13N2O2S/c1-3-14(17(15)16)11-6-4-5-10-7-9(2)8-13-12(10)11/h4-8,17H,1,3H2,2H3. The van der Waals surface area contributed by atoms with E-state index in [1.807, 2.05) is 25.1 Å². The molecule has 2 aromatic rings. The van der Waals surface area contributed by atoms with Crippen LogP contribution in [0.15, 0.2) is 30.5 Å². The molecule has 1 radical (unpaired) electrons.